The molecule has 1 amide bonds. The summed E-state index contributed by atoms with van der Waals surface area (Å²) >= 11 is 1.45. The number of nitrogens with one attached hydrogen (secondary N) is 2. The van der Waals surface area contributed by atoms with Crippen LogP contribution in [-0.2, 0) is 26.9 Å². The molecule has 0 radical (unpaired) electrons. The predicted octanol–water partition coefficient (Wildman–Crippen LogP) is 4.18. The van der Waals surface area contributed by atoms with Crippen molar-refractivity contribution in [2.24, 2.45) is 4.99 Å². The summed E-state index contributed by atoms with van der Waals surface area (Å²) in [5.41, 5.74) is 3.34. The molecule has 0 bridgehead atoms. The number of H-pyrrole nitrogens is 1. The van der Waals surface area contributed by atoms with Crippen LogP contribution in [0.2, 0.25) is 0 Å². The van der Waals surface area contributed by atoms with Crippen molar-refractivity contribution in [3.05, 3.63) is 63.3 Å². The summed E-state index contributed by atoms with van der Waals surface area (Å²) in [4.78, 5) is 28.8. The second-order valence-corrected chi connectivity index (χ2v) is 13.7. The fourth-order valence-corrected chi connectivity index (χ4v) is 7.55. The Kier molecular flexibility index (Phi) is 8.09. The van der Waals surface area contributed by atoms with Crippen molar-refractivity contribution < 1.29 is 22.7 Å². The Morgan fingerprint density at radius 2 is 2.00 bits per heavy atom. The zero-order valence-corrected chi connectivity index (χ0v) is 25.5. The van der Waals surface area contributed by atoms with Gasteiger partial charge in [-0.3, -0.25) is 19.8 Å². The first kappa shape index (κ1) is 29.1. The summed E-state index contributed by atoms with van der Waals surface area (Å²) < 4.78 is 37.2. The average Bonchev–Trinajstić information content (AvgIpc) is 3.75. The average molecular weight is 622 g/mol. The number of aliphatic imine (C=N–C) groups is 1. The van der Waals surface area contributed by atoms with Gasteiger partial charge >= 0.3 is 0 Å². The monoisotopic (exact) mass is 621 g/mol. The molecule has 3 aromatic heterocycles. The van der Waals surface area contributed by atoms with Crippen LogP contribution in [-0.4, -0.2) is 78.0 Å². The van der Waals surface area contributed by atoms with Gasteiger partial charge < -0.3 is 14.8 Å². The highest BCUT2D eigenvalue weighted by Gasteiger charge is 2.25. The van der Waals surface area contributed by atoms with Gasteiger partial charge in [-0.05, 0) is 37.6 Å². The molecule has 2 N–H and O–H groups in total. The molecular weight excluding hydrogens is 590 g/mol. The zero-order chi connectivity index (χ0) is 30.1. The van der Waals surface area contributed by atoms with Gasteiger partial charge in [-0.1, -0.05) is 0 Å². The molecule has 6 rings (SSSR count). The molecule has 224 valence electrons. The highest BCUT2D eigenvalue weighted by atomic mass is 32.2. The fraction of sp³-hybridized carbons (Fsp3) is 0.345. The largest absolute Gasteiger partial charge is 0.481 e. The van der Waals surface area contributed by atoms with Crippen LogP contribution in [0, 0.1) is 0 Å². The quantitative estimate of drug-likeness (QED) is 0.280. The van der Waals surface area contributed by atoms with E-state index in [1.807, 2.05) is 12.1 Å². The molecule has 1 saturated heterocycles. The highest BCUT2D eigenvalue weighted by Crippen LogP contribution is 2.33. The lowest BCUT2D eigenvalue weighted by Crippen LogP contribution is -2.44. The molecule has 14 heteroatoms. The van der Waals surface area contributed by atoms with Crippen LogP contribution in [0.1, 0.15) is 41.3 Å². The summed E-state index contributed by atoms with van der Waals surface area (Å²) in [7, 11) is -2.16. The van der Waals surface area contributed by atoms with Gasteiger partial charge in [0.2, 0.25) is 5.88 Å². The number of aromatic amines is 1. The number of rotatable bonds is 9. The van der Waals surface area contributed by atoms with E-state index in [4.69, 9.17) is 9.47 Å². The van der Waals surface area contributed by atoms with Crippen LogP contribution in [0.4, 0.5) is 5.69 Å². The van der Waals surface area contributed by atoms with Crippen molar-refractivity contribution in [1.82, 2.24) is 25.1 Å². The first-order chi connectivity index (χ1) is 20.7. The lowest BCUT2D eigenvalue weighted by atomic mass is 10.0. The van der Waals surface area contributed by atoms with Gasteiger partial charge in [0, 0.05) is 60.0 Å². The van der Waals surface area contributed by atoms with Crippen LogP contribution < -0.4 is 10.1 Å². The van der Waals surface area contributed by atoms with E-state index in [0.29, 0.717) is 40.1 Å². The number of amides is 1. The number of hydrogen-bond donors (Lipinski definition) is 2. The van der Waals surface area contributed by atoms with E-state index in [1.165, 1.54) is 24.6 Å². The Bertz CT molecular complexity index is 1840. The van der Waals surface area contributed by atoms with Crippen LogP contribution >= 0.6 is 11.3 Å². The highest BCUT2D eigenvalue weighted by molar-refractivity contribution is 7.94. The molecule has 2 aliphatic rings. The minimum absolute atomic E-state index is 0.150. The van der Waals surface area contributed by atoms with E-state index in [-0.39, 0.29) is 41.1 Å². The van der Waals surface area contributed by atoms with E-state index < -0.39 is 9.84 Å². The molecule has 5 heterocycles. The number of allylic oxidation sites excluding steroid dienone is 1. The van der Waals surface area contributed by atoms with Gasteiger partial charge in [0.25, 0.3) is 5.91 Å². The number of pyridine rings is 1. The number of benzene rings is 1. The van der Waals surface area contributed by atoms with Crippen LogP contribution in [0.25, 0.3) is 22.0 Å². The third-order valence-electron chi connectivity index (χ3n) is 7.26. The number of carbonyl (C=O) groups excluding carboxylic acids is 1. The fourth-order valence-electron chi connectivity index (χ4n) is 5.38. The smallest absolute Gasteiger partial charge is 0.275 e. The standard InChI is InChI=1S/C29H31N7O5S2/c1-17-12-36(13-18(2)41-17)14-27-33-26(15-42-27)28(37)34-24-7-19(8-25-23(24)11-32-35-25)20-6-21(29(40-3)31-9-20)16-43(38,39)22-4-5-30-10-22/h5-11,15,17-18H,4,12-14,16H2,1-3H3,(H,32,35)(H,34,37)/t17-,18+. The maximum absolute atomic E-state index is 13.3. The lowest BCUT2D eigenvalue weighted by molar-refractivity contribution is -0.0705. The Labute approximate surface area is 252 Å². The second-order valence-electron chi connectivity index (χ2n) is 10.7. The van der Waals surface area contributed by atoms with E-state index >= 15 is 0 Å². The first-order valence-corrected chi connectivity index (χ1v) is 16.3. The Morgan fingerprint density at radius 3 is 2.74 bits per heavy atom. The third-order valence-corrected chi connectivity index (χ3v) is 9.85. The number of thiazole rings is 1. The Balaban J connectivity index is 1.25. The molecule has 4 aromatic rings. The van der Waals surface area contributed by atoms with Crippen LogP contribution in [0.15, 0.2) is 52.1 Å². The molecule has 0 aliphatic carbocycles. The molecule has 1 aromatic carbocycles. The first-order valence-electron chi connectivity index (χ1n) is 13.8. The maximum Gasteiger partial charge on any atom is 0.275 e. The van der Waals surface area contributed by atoms with Gasteiger partial charge in [0.05, 0.1) is 53.9 Å². The SMILES string of the molecule is COc1ncc(-c2cc(NC(=O)c3csc(CN4C[C@@H](C)O[C@@H](C)C4)n3)c3cn[nH]c3c2)cc1CS(=O)(=O)C1=CN=CC1. The molecular formula is C29H31N7O5S2. The van der Waals surface area contributed by atoms with E-state index in [1.54, 1.807) is 30.1 Å². The number of anilines is 1. The summed E-state index contributed by atoms with van der Waals surface area (Å²) in [6.45, 7) is 6.41. The van der Waals surface area contributed by atoms with Crippen LogP contribution in [0.5, 0.6) is 5.88 Å². The summed E-state index contributed by atoms with van der Waals surface area (Å²) in [6, 6.07) is 5.43. The number of sulfone groups is 1. The molecule has 0 spiro atoms. The van der Waals surface area contributed by atoms with E-state index in [0.717, 1.165) is 23.5 Å². The topological polar surface area (TPSA) is 152 Å². The van der Waals surface area contributed by atoms with Gasteiger partial charge in [0.15, 0.2) is 9.84 Å². The summed E-state index contributed by atoms with van der Waals surface area (Å²) in [6.07, 6.45) is 6.75. The predicted molar refractivity (Wildman–Crippen MR) is 165 cm³/mol. The maximum atomic E-state index is 13.3. The summed E-state index contributed by atoms with van der Waals surface area (Å²) in [5, 5.41) is 13.5. The number of hydrogen-bond acceptors (Lipinski definition) is 11. The van der Waals surface area contributed by atoms with E-state index in [9.17, 15) is 13.2 Å². The molecule has 1 fully saturated rings. The van der Waals surface area contributed by atoms with Crippen molar-refractivity contribution >= 4 is 49.9 Å². The van der Waals surface area contributed by atoms with Crippen molar-refractivity contribution in [3.63, 3.8) is 0 Å². The second kappa shape index (κ2) is 12.0. The molecule has 12 nitrogen and oxygen atoms in total. The van der Waals surface area contributed by atoms with Gasteiger partial charge in [-0.2, -0.15) is 5.10 Å². The Morgan fingerprint density at radius 1 is 1.19 bits per heavy atom. The third kappa shape index (κ3) is 6.37. The summed E-state index contributed by atoms with van der Waals surface area (Å²) in [5.74, 6) is -0.392. The van der Waals surface area contributed by atoms with Gasteiger partial charge in [0.1, 0.15) is 10.7 Å². The number of morpholine rings is 1. The normalized spacial score (nSPS) is 19.1. The minimum atomic E-state index is -3.61. The molecule has 0 saturated carbocycles. The minimum Gasteiger partial charge on any atom is -0.481 e. The number of methoxy groups -OCH3 is 1. The number of carbonyl (C=O) groups is 1. The molecule has 2 aliphatic heterocycles. The number of nitrogens with zero attached hydrogens (tertiary/aromatic N) is 5. The number of fused-ring (bicyclic) bond motifs is 1. The van der Waals surface area contributed by atoms with Crippen LogP contribution in [0.3, 0.4) is 0 Å². The lowest BCUT2D eigenvalue weighted by Gasteiger charge is -2.34. The number of ether oxygens (including phenoxy) is 2. The Hall–Kier alpha value is -3.98. The van der Waals surface area contributed by atoms with E-state index in [2.05, 4.69) is 49.2 Å². The molecule has 43 heavy (non-hydrogen) atoms. The molecule has 2 atom stereocenters. The zero-order valence-electron chi connectivity index (χ0n) is 23.9. The molecule has 0 unspecified atom stereocenters. The van der Waals surface area contributed by atoms with Crippen molar-refractivity contribution in [3.8, 4) is 17.0 Å². The van der Waals surface area contributed by atoms with Crippen molar-refractivity contribution in [2.75, 3.05) is 25.5 Å². The van der Waals surface area contributed by atoms with Crippen molar-refractivity contribution in [1.29, 1.82) is 0 Å². The van der Waals surface area contributed by atoms with Gasteiger partial charge in [-0.15, -0.1) is 11.3 Å². The van der Waals surface area contributed by atoms with Crippen molar-refractivity contribution in [2.45, 2.75) is 44.8 Å². The van der Waals surface area contributed by atoms with Gasteiger partial charge in [-0.25, -0.2) is 18.4 Å². The number of aromatic nitrogens is 4.